The van der Waals surface area contributed by atoms with Crippen LogP contribution in [0, 0.1) is 0 Å². The Labute approximate surface area is 138 Å². The minimum Gasteiger partial charge on any atom is -0.339 e. The average molecular weight is 350 g/mol. The van der Waals surface area contributed by atoms with Crippen molar-refractivity contribution in [2.45, 2.75) is 25.2 Å². The predicted molar refractivity (Wildman–Crippen MR) is 89.8 cm³/mol. The second kappa shape index (κ2) is 9.78. The van der Waals surface area contributed by atoms with E-state index in [-0.39, 0.29) is 23.2 Å². The molecule has 0 aliphatic carbocycles. The molecule has 0 bridgehead atoms. The Morgan fingerprint density at radius 3 is 2.18 bits per heavy atom. The molecular weight excluding hydrogens is 326 g/mol. The number of benzene rings is 1. The Kier molecular flexibility index (Phi) is 9.27. The Hall–Kier alpha value is -1.15. The number of sulfonamides is 1. The number of rotatable bonds is 8. The first-order valence-corrected chi connectivity index (χ1v) is 8.53. The summed E-state index contributed by atoms with van der Waals surface area (Å²) >= 11 is 0. The summed E-state index contributed by atoms with van der Waals surface area (Å²) in [6, 6.07) is 5.97. The molecule has 0 aromatic heterocycles. The summed E-state index contributed by atoms with van der Waals surface area (Å²) in [5.41, 5.74) is 5.81. The average Bonchev–Trinajstić information content (AvgIpc) is 2.48. The lowest BCUT2D eigenvalue weighted by Crippen LogP contribution is -2.30. The number of nitrogens with two attached hydrogens (primary N) is 1. The third kappa shape index (κ3) is 5.57. The number of hydrogen-bond acceptors (Lipinski definition) is 4. The van der Waals surface area contributed by atoms with Crippen molar-refractivity contribution in [3.63, 3.8) is 0 Å². The molecule has 1 aromatic carbocycles. The van der Waals surface area contributed by atoms with E-state index in [1.165, 1.54) is 24.3 Å². The van der Waals surface area contributed by atoms with Crippen molar-refractivity contribution in [3.05, 3.63) is 29.8 Å². The van der Waals surface area contributed by atoms with E-state index >= 15 is 0 Å². The lowest BCUT2D eigenvalue weighted by atomic mass is 10.2. The molecule has 0 saturated heterocycles. The van der Waals surface area contributed by atoms with Gasteiger partial charge in [-0.05, 0) is 51.1 Å². The molecule has 0 aliphatic heterocycles. The van der Waals surface area contributed by atoms with Gasteiger partial charge in [0.25, 0.3) is 5.91 Å². The molecular formula is C14H24ClN3O3S. The van der Waals surface area contributed by atoms with Crippen LogP contribution in [0.1, 0.15) is 30.6 Å². The van der Waals surface area contributed by atoms with Crippen molar-refractivity contribution in [2.75, 3.05) is 26.2 Å². The minimum atomic E-state index is -3.54. The molecule has 126 valence electrons. The Balaban J connectivity index is 0.00000441. The van der Waals surface area contributed by atoms with Gasteiger partial charge in [-0.25, -0.2) is 13.1 Å². The van der Waals surface area contributed by atoms with Crippen LogP contribution in [-0.4, -0.2) is 45.4 Å². The van der Waals surface area contributed by atoms with Gasteiger partial charge in [0.05, 0.1) is 4.90 Å². The van der Waals surface area contributed by atoms with Gasteiger partial charge >= 0.3 is 0 Å². The summed E-state index contributed by atoms with van der Waals surface area (Å²) in [4.78, 5) is 14.0. The van der Waals surface area contributed by atoms with Crippen molar-refractivity contribution in [2.24, 2.45) is 5.73 Å². The first kappa shape index (κ1) is 20.9. The zero-order valence-electron chi connectivity index (χ0n) is 12.9. The van der Waals surface area contributed by atoms with Crippen LogP contribution in [0.4, 0.5) is 0 Å². The quantitative estimate of drug-likeness (QED) is 0.690. The highest BCUT2D eigenvalue weighted by Gasteiger charge is 2.16. The molecule has 0 saturated carbocycles. The third-order valence-electron chi connectivity index (χ3n) is 3.14. The van der Waals surface area contributed by atoms with E-state index < -0.39 is 10.0 Å². The maximum absolute atomic E-state index is 12.1. The molecule has 0 fully saturated rings. The van der Waals surface area contributed by atoms with Gasteiger partial charge in [-0.2, -0.15) is 0 Å². The number of hydrogen-bond donors (Lipinski definition) is 2. The molecule has 0 atom stereocenters. The Morgan fingerprint density at radius 2 is 1.73 bits per heavy atom. The maximum Gasteiger partial charge on any atom is 0.253 e. The summed E-state index contributed by atoms with van der Waals surface area (Å²) in [7, 11) is -3.54. The third-order valence-corrected chi connectivity index (χ3v) is 4.61. The van der Waals surface area contributed by atoms with E-state index in [4.69, 9.17) is 5.73 Å². The normalized spacial score (nSPS) is 10.9. The van der Waals surface area contributed by atoms with Gasteiger partial charge < -0.3 is 10.6 Å². The van der Waals surface area contributed by atoms with Crippen LogP contribution in [-0.2, 0) is 10.0 Å². The monoisotopic (exact) mass is 349 g/mol. The molecule has 6 nitrogen and oxygen atoms in total. The van der Waals surface area contributed by atoms with Crippen molar-refractivity contribution in [1.82, 2.24) is 9.62 Å². The van der Waals surface area contributed by atoms with Crippen LogP contribution < -0.4 is 10.5 Å². The number of amides is 1. The predicted octanol–water partition coefficient (Wildman–Crippen LogP) is 1.22. The second-order valence-corrected chi connectivity index (χ2v) is 6.31. The molecule has 0 spiro atoms. The smallest absolute Gasteiger partial charge is 0.253 e. The molecule has 0 aliphatic rings. The zero-order valence-corrected chi connectivity index (χ0v) is 14.5. The van der Waals surface area contributed by atoms with Gasteiger partial charge in [-0.15, -0.1) is 12.4 Å². The van der Waals surface area contributed by atoms with E-state index in [2.05, 4.69) is 4.72 Å². The molecule has 0 radical (unpaired) electrons. The standard InChI is InChI=1S/C14H23N3O3S.ClH/c1-3-17(4-2)14(18)12-6-8-13(9-7-12)21(19,20)16-11-5-10-15;/h6-9,16H,3-5,10-11,15H2,1-2H3;1H. The SMILES string of the molecule is CCN(CC)C(=O)c1ccc(S(=O)(=O)NCCCN)cc1.Cl. The summed E-state index contributed by atoms with van der Waals surface area (Å²) in [6.45, 7) is 5.79. The number of nitrogens with one attached hydrogen (secondary N) is 1. The number of carbonyl (C=O) groups is 1. The van der Waals surface area contributed by atoms with Crippen molar-refractivity contribution < 1.29 is 13.2 Å². The van der Waals surface area contributed by atoms with Crippen molar-refractivity contribution in [3.8, 4) is 0 Å². The van der Waals surface area contributed by atoms with Crippen molar-refractivity contribution in [1.29, 1.82) is 0 Å². The fourth-order valence-corrected chi connectivity index (χ4v) is 2.94. The van der Waals surface area contributed by atoms with Gasteiger partial charge in [0.1, 0.15) is 0 Å². The number of halogens is 1. The highest BCUT2D eigenvalue weighted by molar-refractivity contribution is 7.89. The molecule has 0 heterocycles. The van der Waals surface area contributed by atoms with Crippen LogP contribution in [0.15, 0.2) is 29.2 Å². The topological polar surface area (TPSA) is 92.5 Å². The number of nitrogens with zero attached hydrogens (tertiary/aromatic N) is 1. The van der Waals surface area contributed by atoms with Crippen LogP contribution in [0.3, 0.4) is 0 Å². The lowest BCUT2D eigenvalue weighted by Gasteiger charge is -2.18. The largest absolute Gasteiger partial charge is 0.339 e. The first-order chi connectivity index (χ1) is 9.96. The van der Waals surface area contributed by atoms with Gasteiger partial charge in [0.15, 0.2) is 0 Å². The van der Waals surface area contributed by atoms with E-state index in [0.29, 0.717) is 38.2 Å². The number of carbonyl (C=O) groups excluding carboxylic acids is 1. The zero-order chi connectivity index (χ0) is 15.9. The molecule has 1 aromatic rings. The molecule has 0 unspecified atom stereocenters. The van der Waals surface area contributed by atoms with E-state index in [1.807, 2.05) is 13.8 Å². The van der Waals surface area contributed by atoms with E-state index in [0.717, 1.165) is 0 Å². The van der Waals surface area contributed by atoms with Gasteiger partial charge in [-0.1, -0.05) is 0 Å². The van der Waals surface area contributed by atoms with E-state index in [1.54, 1.807) is 4.90 Å². The lowest BCUT2D eigenvalue weighted by molar-refractivity contribution is 0.0773. The Morgan fingerprint density at radius 1 is 1.18 bits per heavy atom. The molecule has 8 heteroatoms. The van der Waals surface area contributed by atoms with E-state index in [9.17, 15) is 13.2 Å². The molecule has 3 N–H and O–H groups in total. The Bertz CT molecular complexity index is 557. The highest BCUT2D eigenvalue weighted by atomic mass is 35.5. The highest BCUT2D eigenvalue weighted by Crippen LogP contribution is 2.12. The molecule has 22 heavy (non-hydrogen) atoms. The second-order valence-electron chi connectivity index (χ2n) is 4.54. The summed E-state index contributed by atoms with van der Waals surface area (Å²) in [5, 5.41) is 0. The maximum atomic E-state index is 12.1. The van der Waals surface area contributed by atoms with Gasteiger partial charge in [0.2, 0.25) is 10.0 Å². The summed E-state index contributed by atoms with van der Waals surface area (Å²) in [5.74, 6) is -0.0972. The molecule has 1 amide bonds. The van der Waals surface area contributed by atoms with Crippen LogP contribution in [0.2, 0.25) is 0 Å². The van der Waals surface area contributed by atoms with Gasteiger partial charge in [-0.3, -0.25) is 4.79 Å². The summed E-state index contributed by atoms with van der Waals surface area (Å²) < 4.78 is 26.4. The van der Waals surface area contributed by atoms with Gasteiger partial charge in [0, 0.05) is 25.2 Å². The van der Waals surface area contributed by atoms with Crippen LogP contribution in [0.25, 0.3) is 0 Å². The first-order valence-electron chi connectivity index (χ1n) is 7.05. The van der Waals surface area contributed by atoms with Crippen LogP contribution in [0.5, 0.6) is 0 Å². The van der Waals surface area contributed by atoms with Crippen LogP contribution >= 0.6 is 12.4 Å². The fourth-order valence-electron chi connectivity index (χ4n) is 1.86. The molecule has 1 rings (SSSR count). The fraction of sp³-hybridized carbons (Fsp3) is 0.500. The van der Waals surface area contributed by atoms with Crippen molar-refractivity contribution >= 4 is 28.3 Å². The minimum absolute atomic E-state index is 0. The summed E-state index contributed by atoms with van der Waals surface area (Å²) in [6.07, 6.45) is 0.581.